The van der Waals surface area contributed by atoms with Gasteiger partial charge >= 0.3 is 0 Å². The van der Waals surface area contributed by atoms with Crippen molar-refractivity contribution < 1.29 is 13.2 Å². The van der Waals surface area contributed by atoms with Crippen molar-refractivity contribution in [3.05, 3.63) is 17.7 Å². The van der Waals surface area contributed by atoms with Gasteiger partial charge in [0.2, 0.25) is 10.0 Å². The zero-order valence-corrected chi connectivity index (χ0v) is 11.2. The summed E-state index contributed by atoms with van der Waals surface area (Å²) in [5.41, 5.74) is 6.52. The molecule has 1 aliphatic carbocycles. The number of hydrogen-bond donors (Lipinski definition) is 2. The van der Waals surface area contributed by atoms with Crippen molar-refractivity contribution in [3.63, 3.8) is 0 Å². The minimum Gasteiger partial charge on any atom is -0.493 e. The molecule has 1 saturated carbocycles. The molecule has 0 amide bonds. The lowest BCUT2D eigenvalue weighted by molar-refractivity contribution is 0.300. The van der Waals surface area contributed by atoms with Gasteiger partial charge in [-0.1, -0.05) is 12.8 Å². The number of hydrogen-bond acceptors (Lipinski definition) is 4. The van der Waals surface area contributed by atoms with Crippen molar-refractivity contribution in [2.24, 2.45) is 11.1 Å². The summed E-state index contributed by atoms with van der Waals surface area (Å²) < 4.78 is 28.4. The molecule has 0 heterocycles. The largest absolute Gasteiger partial charge is 0.493 e. The lowest BCUT2D eigenvalue weighted by Gasteiger charge is -2.12. The van der Waals surface area contributed by atoms with Gasteiger partial charge in [0.25, 0.3) is 0 Å². The van der Waals surface area contributed by atoms with Crippen LogP contribution in [0.4, 0.5) is 5.69 Å². The van der Waals surface area contributed by atoms with Gasteiger partial charge in [-0.15, -0.1) is 0 Å². The second-order valence-corrected chi connectivity index (χ2v) is 6.30. The second-order valence-electron chi connectivity index (χ2n) is 4.77. The third kappa shape index (κ3) is 3.14. The molecule has 4 N–H and O–H groups in total. The summed E-state index contributed by atoms with van der Waals surface area (Å²) in [6, 6.07) is 3.00. The molecule has 100 valence electrons. The standard InChI is InChI=1S/C12H18N2O3S/c1-8-11(17-5-4-9-2-3-9)6-10(13)7-12(8)18(14,15)16/h6-7,9H,2-5,13H2,1H3,(H2,14,15,16). The van der Waals surface area contributed by atoms with Crippen LogP contribution in [0.2, 0.25) is 0 Å². The summed E-state index contributed by atoms with van der Waals surface area (Å²) in [4.78, 5) is 0.0314. The molecule has 18 heavy (non-hydrogen) atoms. The maximum atomic E-state index is 11.4. The van der Waals surface area contributed by atoms with Crippen LogP contribution in [0.3, 0.4) is 0 Å². The monoisotopic (exact) mass is 270 g/mol. The Morgan fingerprint density at radius 2 is 2.06 bits per heavy atom. The number of nitrogens with two attached hydrogens (primary N) is 2. The van der Waals surface area contributed by atoms with Gasteiger partial charge in [0.15, 0.2) is 0 Å². The van der Waals surface area contributed by atoms with Crippen LogP contribution in [0.5, 0.6) is 5.75 Å². The van der Waals surface area contributed by atoms with Crippen LogP contribution in [0, 0.1) is 12.8 Å². The maximum Gasteiger partial charge on any atom is 0.238 e. The Hall–Kier alpha value is -1.27. The second kappa shape index (κ2) is 4.78. The van der Waals surface area contributed by atoms with Gasteiger partial charge in [-0.25, -0.2) is 13.6 Å². The molecular weight excluding hydrogens is 252 g/mol. The van der Waals surface area contributed by atoms with E-state index in [-0.39, 0.29) is 4.90 Å². The average molecular weight is 270 g/mol. The number of benzene rings is 1. The fourth-order valence-electron chi connectivity index (χ4n) is 1.87. The molecule has 0 unspecified atom stereocenters. The molecule has 0 aromatic heterocycles. The minimum atomic E-state index is -3.77. The highest BCUT2D eigenvalue weighted by Crippen LogP contribution is 2.33. The Kier molecular flexibility index (Phi) is 3.49. The van der Waals surface area contributed by atoms with Gasteiger partial charge < -0.3 is 10.5 Å². The Bertz CT molecular complexity index is 551. The summed E-state index contributed by atoms with van der Waals surface area (Å²) in [6.07, 6.45) is 3.53. The summed E-state index contributed by atoms with van der Waals surface area (Å²) in [6.45, 7) is 2.25. The zero-order valence-electron chi connectivity index (χ0n) is 10.3. The Labute approximate surface area is 107 Å². The Balaban J connectivity index is 2.20. The molecule has 1 fully saturated rings. The molecular formula is C12H18N2O3S. The molecule has 0 atom stereocenters. The molecule has 1 aromatic carbocycles. The zero-order chi connectivity index (χ0) is 13.3. The van der Waals surface area contributed by atoms with E-state index in [9.17, 15) is 8.42 Å². The van der Waals surface area contributed by atoms with E-state index in [1.54, 1.807) is 13.0 Å². The normalized spacial score (nSPS) is 15.7. The fourth-order valence-corrected chi connectivity index (χ4v) is 2.70. The molecule has 0 radical (unpaired) electrons. The highest BCUT2D eigenvalue weighted by Gasteiger charge is 2.21. The van der Waals surface area contributed by atoms with Crippen LogP contribution in [-0.4, -0.2) is 15.0 Å². The van der Waals surface area contributed by atoms with Crippen molar-refractivity contribution in [2.45, 2.75) is 31.1 Å². The predicted octanol–water partition coefficient (Wildman–Crippen LogP) is 1.40. The minimum absolute atomic E-state index is 0.0314. The van der Waals surface area contributed by atoms with Crippen molar-refractivity contribution >= 4 is 15.7 Å². The Morgan fingerprint density at radius 3 is 2.61 bits per heavy atom. The molecule has 6 heteroatoms. The SMILES string of the molecule is Cc1c(OCCC2CC2)cc(N)cc1S(N)(=O)=O. The van der Waals surface area contributed by atoms with E-state index in [0.29, 0.717) is 23.6 Å². The number of rotatable bonds is 5. The number of anilines is 1. The van der Waals surface area contributed by atoms with Gasteiger partial charge in [-0.3, -0.25) is 0 Å². The number of nitrogen functional groups attached to an aromatic ring is 1. The maximum absolute atomic E-state index is 11.4. The number of primary sulfonamides is 1. The average Bonchev–Trinajstić information content (AvgIpc) is 3.05. The molecule has 2 rings (SSSR count). The van der Waals surface area contributed by atoms with E-state index in [4.69, 9.17) is 15.6 Å². The van der Waals surface area contributed by atoms with Gasteiger partial charge in [0.1, 0.15) is 5.75 Å². The lowest BCUT2D eigenvalue weighted by atomic mass is 10.2. The molecule has 0 spiro atoms. The lowest BCUT2D eigenvalue weighted by Crippen LogP contribution is -2.15. The van der Waals surface area contributed by atoms with Gasteiger partial charge in [-0.05, 0) is 25.3 Å². The van der Waals surface area contributed by atoms with Crippen molar-refractivity contribution in [1.29, 1.82) is 0 Å². The van der Waals surface area contributed by atoms with E-state index in [1.807, 2.05) is 0 Å². The van der Waals surface area contributed by atoms with Crippen LogP contribution >= 0.6 is 0 Å². The topological polar surface area (TPSA) is 95.4 Å². The first-order valence-electron chi connectivity index (χ1n) is 5.93. The Morgan fingerprint density at radius 1 is 1.39 bits per heavy atom. The summed E-state index contributed by atoms with van der Waals surface area (Å²) in [5.74, 6) is 1.27. The van der Waals surface area contributed by atoms with Crippen molar-refractivity contribution in [1.82, 2.24) is 0 Å². The van der Waals surface area contributed by atoms with E-state index >= 15 is 0 Å². The predicted molar refractivity (Wildman–Crippen MR) is 69.8 cm³/mol. The van der Waals surface area contributed by atoms with E-state index < -0.39 is 10.0 Å². The van der Waals surface area contributed by atoms with Crippen LogP contribution in [0.25, 0.3) is 0 Å². The van der Waals surface area contributed by atoms with E-state index in [1.165, 1.54) is 18.9 Å². The molecule has 0 saturated heterocycles. The molecule has 5 nitrogen and oxygen atoms in total. The first kappa shape index (κ1) is 13.2. The molecule has 0 aliphatic heterocycles. The smallest absolute Gasteiger partial charge is 0.238 e. The first-order valence-corrected chi connectivity index (χ1v) is 7.48. The summed E-state index contributed by atoms with van der Waals surface area (Å²) in [5, 5.41) is 5.14. The molecule has 1 aromatic rings. The number of ether oxygens (including phenoxy) is 1. The fraction of sp³-hybridized carbons (Fsp3) is 0.500. The van der Waals surface area contributed by atoms with Crippen molar-refractivity contribution in [3.8, 4) is 5.75 Å². The third-order valence-electron chi connectivity index (χ3n) is 3.12. The summed E-state index contributed by atoms with van der Waals surface area (Å²) >= 11 is 0. The summed E-state index contributed by atoms with van der Waals surface area (Å²) in [7, 11) is -3.77. The third-order valence-corrected chi connectivity index (χ3v) is 4.16. The van der Waals surface area contributed by atoms with Crippen molar-refractivity contribution in [2.75, 3.05) is 12.3 Å². The van der Waals surface area contributed by atoms with Gasteiger partial charge in [0.05, 0.1) is 11.5 Å². The van der Waals surface area contributed by atoms with Gasteiger partial charge in [0, 0.05) is 17.3 Å². The molecule has 0 bridgehead atoms. The van der Waals surface area contributed by atoms with Crippen LogP contribution in [-0.2, 0) is 10.0 Å². The van der Waals surface area contributed by atoms with E-state index in [2.05, 4.69) is 0 Å². The highest BCUT2D eigenvalue weighted by atomic mass is 32.2. The van der Waals surface area contributed by atoms with Crippen LogP contribution < -0.4 is 15.6 Å². The van der Waals surface area contributed by atoms with Crippen LogP contribution in [0.15, 0.2) is 17.0 Å². The number of sulfonamides is 1. The highest BCUT2D eigenvalue weighted by molar-refractivity contribution is 7.89. The quantitative estimate of drug-likeness (QED) is 0.791. The first-order chi connectivity index (χ1) is 8.38. The van der Waals surface area contributed by atoms with E-state index in [0.717, 1.165) is 12.3 Å². The van der Waals surface area contributed by atoms with Crippen LogP contribution in [0.1, 0.15) is 24.8 Å². The molecule has 1 aliphatic rings. The van der Waals surface area contributed by atoms with Gasteiger partial charge in [-0.2, -0.15) is 0 Å².